The lowest BCUT2D eigenvalue weighted by molar-refractivity contribution is 0.207. The molecule has 0 aromatic heterocycles. The van der Waals surface area contributed by atoms with Gasteiger partial charge in [-0.05, 0) is 56.3 Å². The molecule has 1 saturated heterocycles. The molecule has 2 atom stereocenters. The summed E-state index contributed by atoms with van der Waals surface area (Å²) in [7, 11) is 0. The summed E-state index contributed by atoms with van der Waals surface area (Å²) in [6, 6.07) is 9.07. The Morgan fingerprint density at radius 2 is 2.06 bits per heavy atom. The van der Waals surface area contributed by atoms with Gasteiger partial charge in [0.25, 0.3) is 0 Å². The lowest BCUT2D eigenvalue weighted by atomic mass is 9.99. The first-order chi connectivity index (χ1) is 8.72. The van der Waals surface area contributed by atoms with E-state index in [9.17, 15) is 0 Å². The molecule has 0 spiro atoms. The number of rotatable bonds is 3. The summed E-state index contributed by atoms with van der Waals surface area (Å²) in [4.78, 5) is 2.59. The second-order valence-corrected chi connectivity index (χ2v) is 5.68. The van der Waals surface area contributed by atoms with Crippen LogP contribution in [0.5, 0.6) is 0 Å². The van der Waals surface area contributed by atoms with Gasteiger partial charge in [0.1, 0.15) is 0 Å². The molecule has 0 bridgehead atoms. The molecule has 2 rings (SSSR count). The zero-order valence-corrected chi connectivity index (χ0v) is 11.7. The summed E-state index contributed by atoms with van der Waals surface area (Å²) in [6.07, 6.45) is 3.98. The van der Waals surface area contributed by atoms with Crippen molar-refractivity contribution in [2.24, 2.45) is 11.7 Å². The molecule has 0 amide bonds. The molecule has 2 N–H and O–H groups in total. The van der Waals surface area contributed by atoms with Gasteiger partial charge in [-0.15, -0.1) is 0 Å². The quantitative estimate of drug-likeness (QED) is 0.888. The Morgan fingerprint density at radius 1 is 1.28 bits per heavy atom. The van der Waals surface area contributed by atoms with Crippen LogP contribution in [0.25, 0.3) is 0 Å². The first-order valence-electron chi connectivity index (χ1n) is 7.22. The summed E-state index contributed by atoms with van der Waals surface area (Å²) in [5, 5.41) is 0. The van der Waals surface area contributed by atoms with Crippen molar-refractivity contribution < 1.29 is 0 Å². The molecular weight excluding hydrogens is 220 g/mol. The van der Waals surface area contributed by atoms with Gasteiger partial charge in [-0.2, -0.15) is 0 Å². The van der Waals surface area contributed by atoms with E-state index < -0.39 is 0 Å². The van der Waals surface area contributed by atoms with Crippen molar-refractivity contribution in [3.05, 3.63) is 35.4 Å². The maximum absolute atomic E-state index is 6.05. The van der Waals surface area contributed by atoms with Crippen LogP contribution in [0.3, 0.4) is 0 Å². The summed E-state index contributed by atoms with van der Waals surface area (Å²) < 4.78 is 0. The zero-order chi connectivity index (χ0) is 13.0. The SMILES string of the molecule is Cc1ccccc1C(CN)N1CCCC(C)CC1. The normalized spacial score (nSPS) is 23.6. The van der Waals surface area contributed by atoms with Crippen LogP contribution in [0, 0.1) is 12.8 Å². The second kappa shape index (κ2) is 6.35. The first kappa shape index (κ1) is 13.6. The minimum Gasteiger partial charge on any atom is -0.329 e. The van der Waals surface area contributed by atoms with E-state index in [2.05, 4.69) is 43.0 Å². The van der Waals surface area contributed by atoms with Gasteiger partial charge in [-0.25, -0.2) is 0 Å². The predicted molar refractivity (Wildman–Crippen MR) is 77.6 cm³/mol. The predicted octanol–water partition coefficient (Wildman–Crippen LogP) is 3.12. The molecule has 18 heavy (non-hydrogen) atoms. The minimum atomic E-state index is 0.400. The molecule has 0 aliphatic carbocycles. The summed E-state index contributed by atoms with van der Waals surface area (Å²) in [5.41, 5.74) is 8.83. The number of hydrogen-bond acceptors (Lipinski definition) is 2. The first-order valence-corrected chi connectivity index (χ1v) is 7.22. The van der Waals surface area contributed by atoms with Crippen LogP contribution >= 0.6 is 0 Å². The van der Waals surface area contributed by atoms with Crippen molar-refractivity contribution in [3.8, 4) is 0 Å². The van der Waals surface area contributed by atoms with Crippen LogP contribution in [0.1, 0.15) is 43.4 Å². The van der Waals surface area contributed by atoms with E-state index in [0.29, 0.717) is 6.04 Å². The highest BCUT2D eigenvalue weighted by molar-refractivity contribution is 5.29. The Labute approximate surface area is 111 Å². The summed E-state index contributed by atoms with van der Waals surface area (Å²) >= 11 is 0. The van der Waals surface area contributed by atoms with Crippen molar-refractivity contribution >= 4 is 0 Å². The van der Waals surface area contributed by atoms with Gasteiger partial charge in [0.15, 0.2) is 0 Å². The van der Waals surface area contributed by atoms with Crippen LogP contribution in [0.15, 0.2) is 24.3 Å². The highest BCUT2D eigenvalue weighted by Crippen LogP contribution is 2.27. The van der Waals surface area contributed by atoms with Crippen LogP contribution < -0.4 is 5.73 Å². The van der Waals surface area contributed by atoms with Gasteiger partial charge >= 0.3 is 0 Å². The third-order valence-corrected chi connectivity index (χ3v) is 4.26. The van der Waals surface area contributed by atoms with E-state index in [0.717, 1.165) is 12.5 Å². The molecular formula is C16H26N2. The van der Waals surface area contributed by atoms with Crippen LogP contribution in [0.2, 0.25) is 0 Å². The van der Waals surface area contributed by atoms with Crippen LogP contribution in [-0.2, 0) is 0 Å². The van der Waals surface area contributed by atoms with Crippen molar-refractivity contribution in [1.82, 2.24) is 4.90 Å². The summed E-state index contributed by atoms with van der Waals surface area (Å²) in [6.45, 7) is 7.67. The average molecular weight is 246 g/mol. The van der Waals surface area contributed by atoms with Gasteiger partial charge in [0.05, 0.1) is 0 Å². The monoisotopic (exact) mass is 246 g/mol. The molecule has 1 heterocycles. The smallest absolute Gasteiger partial charge is 0.0473 e. The topological polar surface area (TPSA) is 29.3 Å². The molecule has 2 nitrogen and oxygen atoms in total. The number of likely N-dealkylation sites (tertiary alicyclic amines) is 1. The Hall–Kier alpha value is -0.860. The third-order valence-electron chi connectivity index (χ3n) is 4.26. The molecule has 1 aliphatic heterocycles. The van der Waals surface area contributed by atoms with E-state index in [1.807, 2.05) is 0 Å². The van der Waals surface area contributed by atoms with Gasteiger partial charge in [0, 0.05) is 12.6 Å². The maximum Gasteiger partial charge on any atom is 0.0473 e. The Kier molecular flexibility index (Phi) is 4.79. The molecule has 2 heteroatoms. The van der Waals surface area contributed by atoms with Crippen molar-refractivity contribution in [2.75, 3.05) is 19.6 Å². The fourth-order valence-corrected chi connectivity index (χ4v) is 3.03. The van der Waals surface area contributed by atoms with E-state index in [1.165, 1.54) is 43.5 Å². The van der Waals surface area contributed by atoms with Gasteiger partial charge < -0.3 is 5.73 Å². The zero-order valence-electron chi connectivity index (χ0n) is 11.7. The van der Waals surface area contributed by atoms with E-state index in [-0.39, 0.29) is 0 Å². The lowest BCUT2D eigenvalue weighted by Crippen LogP contribution is -2.35. The number of aryl methyl sites for hydroxylation is 1. The second-order valence-electron chi connectivity index (χ2n) is 5.68. The molecule has 0 radical (unpaired) electrons. The van der Waals surface area contributed by atoms with Crippen molar-refractivity contribution in [1.29, 1.82) is 0 Å². The number of hydrogen-bond donors (Lipinski definition) is 1. The van der Waals surface area contributed by atoms with E-state index >= 15 is 0 Å². The van der Waals surface area contributed by atoms with Crippen molar-refractivity contribution in [2.45, 2.75) is 39.2 Å². The molecule has 1 fully saturated rings. The van der Waals surface area contributed by atoms with Crippen LogP contribution in [-0.4, -0.2) is 24.5 Å². The molecule has 1 aromatic carbocycles. The fraction of sp³-hybridized carbons (Fsp3) is 0.625. The van der Waals surface area contributed by atoms with Crippen LogP contribution in [0.4, 0.5) is 0 Å². The average Bonchev–Trinajstić information content (AvgIpc) is 2.58. The molecule has 1 aliphatic rings. The highest BCUT2D eigenvalue weighted by Gasteiger charge is 2.22. The Bertz CT molecular complexity index is 375. The maximum atomic E-state index is 6.05. The Morgan fingerprint density at radius 3 is 2.78 bits per heavy atom. The lowest BCUT2D eigenvalue weighted by Gasteiger charge is -2.31. The highest BCUT2D eigenvalue weighted by atomic mass is 15.2. The van der Waals surface area contributed by atoms with E-state index in [4.69, 9.17) is 5.73 Å². The van der Waals surface area contributed by atoms with Crippen molar-refractivity contribution in [3.63, 3.8) is 0 Å². The molecule has 1 aromatic rings. The standard InChI is InChI=1S/C16H26N2/c1-13-6-5-10-18(11-9-13)16(12-17)15-8-4-3-7-14(15)2/h3-4,7-8,13,16H,5-6,9-12,17H2,1-2H3. The molecule has 2 unspecified atom stereocenters. The molecule has 100 valence electrons. The van der Waals surface area contributed by atoms with Gasteiger partial charge in [-0.1, -0.05) is 31.2 Å². The third kappa shape index (κ3) is 3.12. The Balaban J connectivity index is 2.15. The van der Waals surface area contributed by atoms with Gasteiger partial charge in [-0.3, -0.25) is 4.90 Å². The number of benzene rings is 1. The van der Waals surface area contributed by atoms with Gasteiger partial charge in [0.2, 0.25) is 0 Å². The number of nitrogens with zero attached hydrogens (tertiary/aromatic N) is 1. The molecule has 0 saturated carbocycles. The fourth-order valence-electron chi connectivity index (χ4n) is 3.03. The van der Waals surface area contributed by atoms with E-state index in [1.54, 1.807) is 0 Å². The largest absolute Gasteiger partial charge is 0.329 e. The minimum absolute atomic E-state index is 0.400. The summed E-state index contributed by atoms with van der Waals surface area (Å²) in [5.74, 6) is 0.866. The number of nitrogens with two attached hydrogens (primary N) is 1.